The fourth-order valence-corrected chi connectivity index (χ4v) is 1.93. The Kier molecular flexibility index (Phi) is 3.38. The van der Waals surface area contributed by atoms with Crippen LogP contribution in [-0.4, -0.2) is 32.4 Å². The lowest BCUT2D eigenvalue weighted by Gasteiger charge is -2.06. The maximum Gasteiger partial charge on any atom is 0.259 e. The van der Waals surface area contributed by atoms with E-state index in [9.17, 15) is 4.79 Å². The number of aromatic nitrogens is 4. The van der Waals surface area contributed by atoms with Crippen molar-refractivity contribution in [2.75, 3.05) is 11.6 Å². The number of hydrogen-bond donors (Lipinski definition) is 1. The van der Waals surface area contributed by atoms with Crippen LogP contribution >= 0.6 is 11.8 Å². The summed E-state index contributed by atoms with van der Waals surface area (Å²) in [7, 11) is 1.66. The van der Waals surface area contributed by atoms with Crippen LogP contribution in [-0.2, 0) is 7.05 Å². The molecule has 1 aromatic carbocycles. The molecule has 1 amide bonds. The molecule has 0 bridgehead atoms. The molecule has 0 saturated heterocycles. The molecule has 17 heavy (non-hydrogen) atoms. The summed E-state index contributed by atoms with van der Waals surface area (Å²) >= 11 is 1.52. The summed E-state index contributed by atoms with van der Waals surface area (Å²) < 4.78 is 1.40. The van der Waals surface area contributed by atoms with Crippen molar-refractivity contribution >= 4 is 23.6 Å². The van der Waals surface area contributed by atoms with E-state index in [1.807, 2.05) is 24.5 Å². The zero-order valence-corrected chi connectivity index (χ0v) is 10.2. The molecule has 0 radical (unpaired) electrons. The molecular formula is C10H11N5OS. The van der Waals surface area contributed by atoms with Gasteiger partial charge in [-0.15, -0.1) is 11.8 Å². The highest BCUT2D eigenvalue weighted by Gasteiger charge is 2.13. The van der Waals surface area contributed by atoms with E-state index in [2.05, 4.69) is 20.8 Å². The highest BCUT2D eigenvalue weighted by Crippen LogP contribution is 2.20. The van der Waals surface area contributed by atoms with Crippen molar-refractivity contribution < 1.29 is 4.79 Å². The number of amides is 1. The molecule has 0 aliphatic carbocycles. The molecule has 2 rings (SSSR count). The van der Waals surface area contributed by atoms with Crippen molar-refractivity contribution in [1.29, 1.82) is 0 Å². The Morgan fingerprint density at radius 1 is 1.41 bits per heavy atom. The van der Waals surface area contributed by atoms with E-state index in [4.69, 9.17) is 0 Å². The highest BCUT2D eigenvalue weighted by molar-refractivity contribution is 7.98. The first-order chi connectivity index (χ1) is 8.22. The fourth-order valence-electron chi connectivity index (χ4n) is 1.34. The predicted molar refractivity (Wildman–Crippen MR) is 65.0 cm³/mol. The number of anilines is 1. The van der Waals surface area contributed by atoms with Crippen molar-refractivity contribution in [1.82, 2.24) is 20.2 Å². The third-order valence-electron chi connectivity index (χ3n) is 2.20. The highest BCUT2D eigenvalue weighted by atomic mass is 32.2. The Morgan fingerprint density at radius 2 is 2.18 bits per heavy atom. The lowest BCUT2D eigenvalue weighted by molar-refractivity contribution is 0.102. The lowest BCUT2D eigenvalue weighted by atomic mass is 10.2. The summed E-state index contributed by atoms with van der Waals surface area (Å²) in [5.74, 6) is 0.110. The first-order valence-corrected chi connectivity index (χ1v) is 6.11. The van der Waals surface area contributed by atoms with Gasteiger partial charge in [0.15, 0.2) is 0 Å². The largest absolute Gasteiger partial charge is 0.289 e. The number of rotatable bonds is 3. The van der Waals surface area contributed by atoms with Gasteiger partial charge in [0, 0.05) is 11.9 Å². The van der Waals surface area contributed by atoms with Crippen LogP contribution in [0.2, 0.25) is 0 Å². The van der Waals surface area contributed by atoms with Crippen molar-refractivity contribution in [3.8, 4) is 0 Å². The quantitative estimate of drug-likeness (QED) is 0.827. The van der Waals surface area contributed by atoms with Crippen molar-refractivity contribution in [3.05, 3.63) is 29.8 Å². The van der Waals surface area contributed by atoms with E-state index >= 15 is 0 Å². The van der Waals surface area contributed by atoms with Crippen molar-refractivity contribution in [3.63, 3.8) is 0 Å². The summed E-state index contributed by atoms with van der Waals surface area (Å²) in [6, 6.07) is 7.38. The third kappa shape index (κ3) is 2.44. The van der Waals surface area contributed by atoms with Gasteiger partial charge in [0.25, 0.3) is 5.91 Å². The van der Waals surface area contributed by atoms with Crippen LogP contribution < -0.4 is 5.32 Å². The van der Waals surface area contributed by atoms with Gasteiger partial charge in [-0.2, -0.15) is 0 Å². The number of tetrazole rings is 1. The zero-order valence-electron chi connectivity index (χ0n) is 9.41. The molecule has 0 spiro atoms. The first kappa shape index (κ1) is 11.6. The molecule has 0 aliphatic rings. The number of nitrogens with one attached hydrogen (secondary N) is 1. The van der Waals surface area contributed by atoms with Crippen LogP contribution in [0.1, 0.15) is 10.4 Å². The Morgan fingerprint density at radius 3 is 2.82 bits per heavy atom. The molecule has 1 aromatic heterocycles. The van der Waals surface area contributed by atoms with Gasteiger partial charge in [0.1, 0.15) is 0 Å². The molecule has 0 unspecified atom stereocenters. The smallest absolute Gasteiger partial charge is 0.259 e. The van der Waals surface area contributed by atoms with Gasteiger partial charge < -0.3 is 0 Å². The predicted octanol–water partition coefficient (Wildman–Crippen LogP) is 1.18. The molecule has 1 heterocycles. The molecule has 7 heteroatoms. The Hall–Kier alpha value is -1.89. The van der Waals surface area contributed by atoms with Crippen molar-refractivity contribution in [2.24, 2.45) is 7.05 Å². The van der Waals surface area contributed by atoms with Crippen LogP contribution in [0.5, 0.6) is 0 Å². The Labute approximate surface area is 102 Å². The maximum atomic E-state index is 12.0. The molecule has 2 aromatic rings. The average molecular weight is 249 g/mol. The fraction of sp³-hybridized carbons (Fsp3) is 0.200. The van der Waals surface area contributed by atoms with Gasteiger partial charge in [0.05, 0.1) is 5.56 Å². The Bertz CT molecular complexity index is 539. The van der Waals surface area contributed by atoms with E-state index in [0.29, 0.717) is 11.5 Å². The minimum Gasteiger partial charge on any atom is -0.289 e. The van der Waals surface area contributed by atoms with Crippen LogP contribution in [0.25, 0.3) is 0 Å². The van der Waals surface area contributed by atoms with Gasteiger partial charge in [-0.05, 0) is 28.8 Å². The van der Waals surface area contributed by atoms with E-state index in [-0.39, 0.29) is 5.91 Å². The second-order valence-corrected chi connectivity index (χ2v) is 4.13. The molecular weight excluding hydrogens is 238 g/mol. The van der Waals surface area contributed by atoms with E-state index < -0.39 is 0 Å². The minimum absolute atomic E-state index is 0.215. The molecule has 6 nitrogen and oxygen atoms in total. The monoisotopic (exact) mass is 249 g/mol. The molecule has 0 fully saturated rings. The SMILES string of the molecule is CSc1ccccc1C(=O)Nc1nnnn1C. The van der Waals surface area contributed by atoms with Crippen LogP contribution in [0, 0.1) is 0 Å². The van der Waals surface area contributed by atoms with Gasteiger partial charge in [0.2, 0.25) is 5.95 Å². The number of thioether (sulfide) groups is 1. The summed E-state index contributed by atoms with van der Waals surface area (Å²) in [4.78, 5) is 12.9. The molecule has 0 saturated carbocycles. The standard InChI is InChI=1S/C10H11N5OS/c1-15-10(12-13-14-15)11-9(16)7-5-3-4-6-8(7)17-2/h3-6H,1-2H3,(H,11,12,14,16). The number of benzene rings is 1. The molecule has 1 N–H and O–H groups in total. The zero-order chi connectivity index (χ0) is 12.3. The van der Waals surface area contributed by atoms with Gasteiger partial charge >= 0.3 is 0 Å². The molecule has 0 atom stereocenters. The van der Waals surface area contributed by atoms with Crippen LogP contribution in [0.4, 0.5) is 5.95 Å². The maximum absolute atomic E-state index is 12.0. The van der Waals surface area contributed by atoms with Crippen LogP contribution in [0.3, 0.4) is 0 Å². The normalized spacial score (nSPS) is 10.2. The number of carbonyl (C=O) groups is 1. The number of hydrogen-bond acceptors (Lipinski definition) is 5. The van der Waals surface area contributed by atoms with Gasteiger partial charge in [-0.3, -0.25) is 10.1 Å². The third-order valence-corrected chi connectivity index (χ3v) is 2.99. The van der Waals surface area contributed by atoms with E-state index in [1.165, 1.54) is 16.4 Å². The Balaban J connectivity index is 2.23. The average Bonchev–Trinajstić information content (AvgIpc) is 2.75. The molecule has 88 valence electrons. The number of aryl methyl sites for hydroxylation is 1. The number of nitrogens with zero attached hydrogens (tertiary/aromatic N) is 4. The summed E-state index contributed by atoms with van der Waals surface area (Å²) in [6.07, 6.45) is 1.93. The van der Waals surface area contributed by atoms with Gasteiger partial charge in [-0.25, -0.2) is 4.68 Å². The summed E-state index contributed by atoms with van der Waals surface area (Å²) in [5.41, 5.74) is 0.614. The lowest BCUT2D eigenvalue weighted by Crippen LogP contribution is -2.16. The molecule has 0 aliphatic heterocycles. The second kappa shape index (κ2) is 4.96. The number of carbonyl (C=O) groups excluding carboxylic acids is 1. The first-order valence-electron chi connectivity index (χ1n) is 4.89. The van der Waals surface area contributed by atoms with E-state index in [1.54, 1.807) is 13.1 Å². The minimum atomic E-state index is -0.215. The summed E-state index contributed by atoms with van der Waals surface area (Å²) in [6.45, 7) is 0. The van der Waals surface area contributed by atoms with Crippen LogP contribution in [0.15, 0.2) is 29.2 Å². The van der Waals surface area contributed by atoms with Crippen molar-refractivity contribution in [2.45, 2.75) is 4.90 Å². The second-order valence-electron chi connectivity index (χ2n) is 3.28. The van der Waals surface area contributed by atoms with E-state index in [0.717, 1.165) is 4.90 Å². The van der Waals surface area contributed by atoms with Gasteiger partial charge in [-0.1, -0.05) is 17.2 Å². The topological polar surface area (TPSA) is 72.7 Å². The summed E-state index contributed by atoms with van der Waals surface area (Å²) in [5, 5.41) is 13.5.